The van der Waals surface area contributed by atoms with Crippen molar-refractivity contribution in [1.82, 2.24) is 15.6 Å². The summed E-state index contributed by atoms with van der Waals surface area (Å²) >= 11 is 0. The zero-order valence-corrected chi connectivity index (χ0v) is 15.7. The van der Waals surface area contributed by atoms with Gasteiger partial charge in [-0.3, -0.25) is 9.89 Å². The topological polar surface area (TPSA) is 97.8 Å². The van der Waals surface area contributed by atoms with Gasteiger partial charge < -0.3 is 14.2 Å². The summed E-state index contributed by atoms with van der Waals surface area (Å²) in [5.41, 5.74) is 5.34. The van der Waals surface area contributed by atoms with Gasteiger partial charge in [0.2, 0.25) is 0 Å². The van der Waals surface area contributed by atoms with Gasteiger partial charge in [-0.15, -0.1) is 0 Å². The molecular formula is C20H20N4O4. The number of aromatic nitrogens is 2. The minimum Gasteiger partial charge on any atom is -0.497 e. The molecule has 0 aliphatic rings. The minimum absolute atomic E-state index is 0.369. The summed E-state index contributed by atoms with van der Waals surface area (Å²) in [7, 11) is 4.66. The van der Waals surface area contributed by atoms with Gasteiger partial charge in [-0.1, -0.05) is 0 Å². The third kappa shape index (κ3) is 4.12. The molecule has 3 rings (SSSR count). The SMILES string of the molecule is COc1ccc(-c2[nH]ncc2/C=N\NC(=O)c2ccc(OC)c(OC)c2)cc1. The normalized spacial score (nSPS) is 10.7. The van der Waals surface area contributed by atoms with Gasteiger partial charge in [-0.2, -0.15) is 10.2 Å². The number of carbonyl (C=O) groups excluding carboxylic acids is 1. The highest BCUT2D eigenvalue weighted by atomic mass is 16.5. The Morgan fingerprint density at radius 1 is 1.04 bits per heavy atom. The predicted molar refractivity (Wildman–Crippen MR) is 105 cm³/mol. The van der Waals surface area contributed by atoms with Crippen molar-refractivity contribution < 1.29 is 19.0 Å². The maximum atomic E-state index is 12.3. The summed E-state index contributed by atoms with van der Waals surface area (Å²) < 4.78 is 15.5. The van der Waals surface area contributed by atoms with Gasteiger partial charge in [0.25, 0.3) is 5.91 Å². The first-order valence-corrected chi connectivity index (χ1v) is 8.39. The summed E-state index contributed by atoms with van der Waals surface area (Å²) in [4.78, 5) is 12.3. The van der Waals surface area contributed by atoms with Gasteiger partial charge in [0, 0.05) is 16.7 Å². The zero-order valence-electron chi connectivity index (χ0n) is 15.7. The number of amides is 1. The molecule has 8 nitrogen and oxygen atoms in total. The largest absolute Gasteiger partial charge is 0.497 e. The van der Waals surface area contributed by atoms with Crippen LogP contribution in [-0.4, -0.2) is 43.6 Å². The maximum Gasteiger partial charge on any atom is 0.271 e. The molecule has 0 aliphatic carbocycles. The van der Waals surface area contributed by atoms with E-state index in [1.165, 1.54) is 20.4 Å². The lowest BCUT2D eigenvalue weighted by Crippen LogP contribution is -2.17. The highest BCUT2D eigenvalue weighted by molar-refractivity contribution is 5.96. The number of H-pyrrole nitrogens is 1. The van der Waals surface area contributed by atoms with Crippen molar-refractivity contribution in [2.45, 2.75) is 0 Å². The first kappa shape index (κ1) is 19.0. The van der Waals surface area contributed by atoms with E-state index in [1.807, 2.05) is 24.3 Å². The van der Waals surface area contributed by atoms with Crippen molar-refractivity contribution in [2.75, 3.05) is 21.3 Å². The van der Waals surface area contributed by atoms with Gasteiger partial charge in [0.15, 0.2) is 11.5 Å². The smallest absolute Gasteiger partial charge is 0.271 e. The Morgan fingerprint density at radius 2 is 1.79 bits per heavy atom. The van der Waals surface area contributed by atoms with Gasteiger partial charge in [0.05, 0.1) is 39.4 Å². The summed E-state index contributed by atoms with van der Waals surface area (Å²) in [6.07, 6.45) is 3.16. The highest BCUT2D eigenvalue weighted by Gasteiger charge is 2.10. The van der Waals surface area contributed by atoms with Crippen LogP contribution in [0.5, 0.6) is 17.2 Å². The second kappa shape index (κ2) is 8.72. The lowest BCUT2D eigenvalue weighted by Gasteiger charge is -2.08. The van der Waals surface area contributed by atoms with Crippen LogP contribution in [0.4, 0.5) is 0 Å². The average Bonchev–Trinajstić information content (AvgIpc) is 3.21. The van der Waals surface area contributed by atoms with E-state index >= 15 is 0 Å². The molecule has 2 aromatic carbocycles. The first-order chi connectivity index (χ1) is 13.7. The Labute approximate surface area is 162 Å². The molecule has 0 atom stereocenters. The van der Waals surface area contributed by atoms with Crippen LogP contribution in [0.3, 0.4) is 0 Å². The van der Waals surface area contributed by atoms with E-state index < -0.39 is 0 Å². The van der Waals surface area contributed by atoms with E-state index in [9.17, 15) is 4.79 Å². The third-order valence-electron chi connectivity index (χ3n) is 4.06. The van der Waals surface area contributed by atoms with Crippen LogP contribution in [0.25, 0.3) is 11.3 Å². The molecule has 0 aliphatic heterocycles. The Kier molecular flexibility index (Phi) is 5.91. The lowest BCUT2D eigenvalue weighted by atomic mass is 10.1. The number of ether oxygens (including phenoxy) is 3. The maximum absolute atomic E-state index is 12.3. The van der Waals surface area contributed by atoms with Gasteiger partial charge in [-0.25, -0.2) is 5.43 Å². The fraction of sp³-hybridized carbons (Fsp3) is 0.150. The summed E-state index contributed by atoms with van der Waals surface area (Å²) in [6, 6.07) is 12.4. The molecule has 0 bridgehead atoms. The molecule has 3 aromatic rings. The number of benzene rings is 2. The van der Waals surface area contributed by atoms with Crippen LogP contribution < -0.4 is 19.6 Å². The van der Waals surface area contributed by atoms with Gasteiger partial charge in [0.1, 0.15) is 5.75 Å². The molecule has 8 heteroatoms. The Hall–Kier alpha value is -3.81. The lowest BCUT2D eigenvalue weighted by molar-refractivity contribution is 0.0954. The molecule has 1 heterocycles. The van der Waals surface area contributed by atoms with Crippen molar-refractivity contribution in [3.63, 3.8) is 0 Å². The van der Waals surface area contributed by atoms with Crippen molar-refractivity contribution >= 4 is 12.1 Å². The van der Waals surface area contributed by atoms with Crippen molar-refractivity contribution in [3.8, 4) is 28.5 Å². The van der Waals surface area contributed by atoms with Crippen molar-refractivity contribution in [3.05, 3.63) is 59.8 Å². The number of carbonyl (C=O) groups is 1. The number of hydrazone groups is 1. The molecule has 0 saturated carbocycles. The van der Waals surface area contributed by atoms with E-state index in [1.54, 1.807) is 31.5 Å². The van der Waals surface area contributed by atoms with Crippen LogP contribution in [0.1, 0.15) is 15.9 Å². The van der Waals surface area contributed by atoms with E-state index in [4.69, 9.17) is 14.2 Å². The van der Waals surface area contributed by atoms with E-state index in [2.05, 4.69) is 20.7 Å². The quantitative estimate of drug-likeness (QED) is 0.485. The number of nitrogens with one attached hydrogen (secondary N) is 2. The third-order valence-corrected chi connectivity index (χ3v) is 4.06. The molecule has 2 N–H and O–H groups in total. The molecule has 0 radical (unpaired) electrons. The molecule has 144 valence electrons. The number of hydrogen-bond acceptors (Lipinski definition) is 6. The summed E-state index contributed by atoms with van der Waals surface area (Å²) in [5.74, 6) is 1.41. The molecule has 0 unspecified atom stereocenters. The van der Waals surface area contributed by atoms with Crippen LogP contribution >= 0.6 is 0 Å². The van der Waals surface area contributed by atoms with Crippen molar-refractivity contribution in [2.24, 2.45) is 5.10 Å². The Bertz CT molecular complexity index is 980. The fourth-order valence-corrected chi connectivity index (χ4v) is 2.58. The van der Waals surface area contributed by atoms with E-state index in [0.29, 0.717) is 17.1 Å². The monoisotopic (exact) mass is 380 g/mol. The standard InChI is InChI=1S/C20H20N4O4/c1-26-16-7-4-13(5-8-16)19-15(11-21-23-19)12-22-24-20(25)14-6-9-17(27-2)18(10-14)28-3/h4-12H,1-3H3,(H,21,23)(H,24,25)/b22-12-. The van der Waals surface area contributed by atoms with E-state index in [0.717, 1.165) is 22.6 Å². The van der Waals surface area contributed by atoms with Gasteiger partial charge in [-0.05, 0) is 42.5 Å². The van der Waals surface area contributed by atoms with Gasteiger partial charge >= 0.3 is 0 Å². The minimum atomic E-state index is -0.369. The number of hydrogen-bond donors (Lipinski definition) is 2. The van der Waals surface area contributed by atoms with E-state index in [-0.39, 0.29) is 5.91 Å². The van der Waals surface area contributed by atoms with Crippen LogP contribution in [0.2, 0.25) is 0 Å². The molecule has 1 amide bonds. The first-order valence-electron chi connectivity index (χ1n) is 8.39. The molecule has 0 spiro atoms. The Balaban J connectivity index is 1.71. The fourth-order valence-electron chi connectivity index (χ4n) is 2.58. The van der Waals surface area contributed by atoms with Crippen LogP contribution in [0.15, 0.2) is 53.8 Å². The second-order valence-corrected chi connectivity index (χ2v) is 5.70. The van der Waals surface area contributed by atoms with Crippen LogP contribution in [0, 0.1) is 0 Å². The molecule has 0 saturated heterocycles. The molecule has 1 aromatic heterocycles. The molecule has 28 heavy (non-hydrogen) atoms. The van der Waals surface area contributed by atoms with Crippen molar-refractivity contribution in [1.29, 1.82) is 0 Å². The molecular weight excluding hydrogens is 360 g/mol. The highest BCUT2D eigenvalue weighted by Crippen LogP contribution is 2.27. The number of aromatic amines is 1. The number of nitrogens with zero attached hydrogens (tertiary/aromatic N) is 2. The number of methoxy groups -OCH3 is 3. The summed E-state index contributed by atoms with van der Waals surface area (Å²) in [6.45, 7) is 0. The number of rotatable bonds is 7. The summed E-state index contributed by atoms with van der Waals surface area (Å²) in [5, 5.41) is 11.0. The Morgan fingerprint density at radius 3 is 2.46 bits per heavy atom. The zero-order chi connectivity index (χ0) is 19.9. The van der Waals surface area contributed by atoms with Crippen LogP contribution in [-0.2, 0) is 0 Å². The second-order valence-electron chi connectivity index (χ2n) is 5.70. The predicted octanol–water partition coefficient (Wildman–Crippen LogP) is 2.87. The molecule has 0 fully saturated rings. The average molecular weight is 380 g/mol.